The van der Waals surface area contributed by atoms with E-state index in [-0.39, 0.29) is 5.41 Å². The highest BCUT2D eigenvalue weighted by molar-refractivity contribution is 7.98. The van der Waals surface area contributed by atoms with E-state index in [1.807, 2.05) is 18.2 Å². The summed E-state index contributed by atoms with van der Waals surface area (Å²) >= 11 is 0. The summed E-state index contributed by atoms with van der Waals surface area (Å²) in [4.78, 5) is 8.81. The minimum Gasteiger partial charge on any atom is -0.508 e. The lowest BCUT2D eigenvalue weighted by atomic mass is 9.87. The molecular weight excluding hydrogens is 1130 g/mol. The molecule has 81 heavy (non-hydrogen) atoms. The molecule has 2 N–H and O–H groups in total. The summed E-state index contributed by atoms with van der Waals surface area (Å²) in [5.41, 5.74) is 5.67. The molecule has 0 amide bonds. The van der Waals surface area contributed by atoms with Gasteiger partial charge >= 0.3 is 0 Å². The molecule has 6 aliphatic heterocycles. The van der Waals surface area contributed by atoms with Gasteiger partial charge in [0.25, 0.3) is 0 Å². The van der Waals surface area contributed by atoms with Crippen LogP contribution in [0, 0.1) is 20.8 Å². The van der Waals surface area contributed by atoms with Crippen molar-refractivity contribution in [3.8, 4) is 11.5 Å². The fourth-order valence-electron chi connectivity index (χ4n) is 9.49. The van der Waals surface area contributed by atoms with Gasteiger partial charge in [-0.25, -0.2) is 0 Å². The highest BCUT2D eigenvalue weighted by Crippen LogP contribution is 2.27. The van der Waals surface area contributed by atoms with Gasteiger partial charge in [0, 0.05) is 76.5 Å². The third kappa shape index (κ3) is 22.9. The average molecular weight is 1220 g/mol. The van der Waals surface area contributed by atoms with Gasteiger partial charge in [-0.1, -0.05) is 87.0 Å². The summed E-state index contributed by atoms with van der Waals surface area (Å²) in [7, 11) is 2.50. The zero-order chi connectivity index (χ0) is 57.1. The van der Waals surface area contributed by atoms with E-state index < -0.39 is 0 Å². The number of ether oxygens (including phenoxy) is 6. The summed E-state index contributed by atoms with van der Waals surface area (Å²) in [6.45, 7) is 24.2. The molecule has 6 aromatic rings. The Balaban J connectivity index is 0.000000140. The van der Waals surface area contributed by atoms with Crippen molar-refractivity contribution >= 4 is 65.4 Å². The van der Waals surface area contributed by atoms with Gasteiger partial charge < -0.3 is 38.6 Å². The van der Waals surface area contributed by atoms with Crippen LogP contribution in [0.15, 0.2) is 175 Å². The summed E-state index contributed by atoms with van der Waals surface area (Å²) in [6.07, 6.45) is 0. The molecule has 8 nitrogen and oxygen atoms in total. The molecule has 6 heterocycles. The zero-order valence-corrected chi connectivity index (χ0v) is 54.0. The summed E-state index contributed by atoms with van der Waals surface area (Å²) < 4.78 is 32.1. The van der Waals surface area contributed by atoms with Crippen LogP contribution in [0.3, 0.4) is 0 Å². The van der Waals surface area contributed by atoms with Gasteiger partial charge in [-0.05, 0) is 117 Å². The molecular formula is C67H92O8S6+6. The minimum absolute atomic E-state index is 0.261. The lowest BCUT2D eigenvalue weighted by Crippen LogP contribution is -2.26. The molecule has 0 bridgehead atoms. The first-order valence-corrected chi connectivity index (χ1v) is 38.2. The van der Waals surface area contributed by atoms with Gasteiger partial charge in [0.15, 0.2) is 29.4 Å². The van der Waals surface area contributed by atoms with Gasteiger partial charge in [0.2, 0.25) is 0 Å². The molecule has 0 radical (unpaired) electrons. The Labute approximate surface area is 504 Å². The van der Waals surface area contributed by atoms with Gasteiger partial charge in [-0.15, -0.1) is 0 Å². The number of phenols is 2. The molecule has 0 aromatic heterocycles. The standard InChI is InChI=1S/C14H21OS.C11H14O2S.2C11H15OS.C10H12O2S.C10H13OS/c1-14(2,3)12-4-6-13(7-5-12)16-10-8-15-9-11-16;1-9-8-10(12)2-3-11(9)14-6-4-13-5-7-14;1-10-2-4-11(5-3-10)13-8-6-12-7-9-13;1-10-4-2-3-5-11(10)13-8-6-12-7-9-13;11-9-1-3-10(4-2-9)13-7-5-12-6-8-13;1-2-4-10(5-3-1)12-8-6-11-7-9-12/h4-7H,8-11H2,1-3H3;2-3,8H,4-7H2,1H3;2*2-5H,6-9H2,1H3;1-4H,5-8H2;1-5H,6-9H2/q+1;;2*+1;;+1/p+2. The van der Waals surface area contributed by atoms with E-state index in [1.165, 1.54) is 92.8 Å². The number of phenolic OH excluding ortho intramolecular Hbond substituents is 2. The second-order valence-electron chi connectivity index (χ2n) is 21.2. The van der Waals surface area contributed by atoms with Crippen molar-refractivity contribution in [2.75, 3.05) is 148 Å². The van der Waals surface area contributed by atoms with E-state index in [4.69, 9.17) is 33.5 Å². The van der Waals surface area contributed by atoms with E-state index >= 15 is 0 Å². The first kappa shape index (κ1) is 65.3. The van der Waals surface area contributed by atoms with Gasteiger partial charge in [0.05, 0.1) is 79.3 Å². The van der Waals surface area contributed by atoms with Crippen molar-refractivity contribution in [1.82, 2.24) is 0 Å². The lowest BCUT2D eigenvalue weighted by Gasteiger charge is -2.19. The third-order valence-electron chi connectivity index (χ3n) is 14.2. The second kappa shape index (κ2) is 35.9. The first-order chi connectivity index (χ1) is 39.4. The van der Waals surface area contributed by atoms with Gasteiger partial charge in [-0.2, -0.15) is 0 Å². The Hall–Kier alpha value is -3.22. The monoisotopic (exact) mass is 1220 g/mol. The molecule has 0 saturated carbocycles. The summed E-state index contributed by atoms with van der Waals surface area (Å²) in [6, 6.07) is 50.9. The molecule has 0 aliphatic carbocycles. The van der Waals surface area contributed by atoms with E-state index in [1.54, 1.807) is 23.1 Å². The quantitative estimate of drug-likeness (QED) is 0.159. The molecule has 6 aromatic carbocycles. The Morgan fingerprint density at radius 3 is 0.988 bits per heavy atom. The highest BCUT2D eigenvalue weighted by Gasteiger charge is 2.30. The molecule has 6 aliphatic rings. The molecule has 6 saturated heterocycles. The van der Waals surface area contributed by atoms with Crippen molar-refractivity contribution in [2.45, 2.75) is 76.3 Å². The summed E-state index contributed by atoms with van der Waals surface area (Å²) in [5.74, 6) is 14.9. The van der Waals surface area contributed by atoms with Crippen molar-refractivity contribution < 1.29 is 38.6 Å². The molecule has 0 spiro atoms. The Morgan fingerprint density at radius 2 is 0.617 bits per heavy atom. The maximum Gasteiger partial charge on any atom is 0.158 e. The maximum atomic E-state index is 9.31. The normalized spacial score (nSPS) is 18.8. The van der Waals surface area contributed by atoms with Crippen molar-refractivity contribution in [3.05, 3.63) is 168 Å². The molecule has 0 unspecified atom stereocenters. The predicted molar refractivity (Wildman–Crippen MR) is 352 cm³/mol. The van der Waals surface area contributed by atoms with Crippen molar-refractivity contribution in [3.63, 3.8) is 0 Å². The van der Waals surface area contributed by atoms with Crippen LogP contribution in [0.4, 0.5) is 0 Å². The average Bonchev–Trinajstić information content (AvgIpc) is 3.55. The second-order valence-corrected chi connectivity index (χ2v) is 34.8. The number of hydrogen-bond acceptors (Lipinski definition) is 8. The van der Waals surface area contributed by atoms with Crippen LogP contribution >= 0.6 is 0 Å². The number of benzene rings is 6. The number of rotatable bonds is 6. The van der Waals surface area contributed by atoms with Crippen LogP contribution in [-0.2, 0) is 99.2 Å². The topological polar surface area (TPSA) is 95.8 Å². The van der Waals surface area contributed by atoms with E-state index in [2.05, 4.69) is 151 Å². The van der Waals surface area contributed by atoms with Crippen LogP contribution in [-0.4, -0.2) is 159 Å². The highest BCUT2D eigenvalue weighted by atomic mass is 32.2. The maximum absolute atomic E-state index is 9.31. The minimum atomic E-state index is 0.261. The third-order valence-corrected chi connectivity index (χ3v) is 28.0. The van der Waals surface area contributed by atoms with Gasteiger partial charge in [-0.3, -0.25) is 0 Å². The zero-order valence-electron chi connectivity index (χ0n) is 49.1. The molecule has 0 atom stereocenters. The van der Waals surface area contributed by atoms with Crippen LogP contribution in [0.1, 0.15) is 43.0 Å². The van der Waals surface area contributed by atoms with Crippen molar-refractivity contribution in [1.29, 1.82) is 0 Å². The number of aromatic hydroxyl groups is 2. The van der Waals surface area contributed by atoms with E-state index in [0.29, 0.717) is 76.9 Å². The number of hydrogen-bond donors (Lipinski definition) is 2. The van der Waals surface area contributed by atoms with Crippen molar-refractivity contribution in [2.24, 2.45) is 0 Å². The first-order valence-electron chi connectivity index (χ1n) is 28.8. The fourth-order valence-corrected chi connectivity index (χ4v) is 21.0. The molecule has 6 fully saturated rings. The SMILES string of the molecule is CC(C)(C)c1ccc([S+]2CCOCC2)cc1.Cc1cc(O)ccc1[S+]1CCOCC1.Cc1ccc([S+]2CCOCC2)cc1.Cc1ccccc1[S+]1CCOCC1.Oc1ccc([S+]2CCOCC2)cc1.c1ccc([S+]2CCOCC2)cc1. The molecule has 438 valence electrons. The fraction of sp³-hybridized carbons (Fsp3) is 0.463. The predicted octanol–water partition coefficient (Wildman–Crippen LogP) is 11.8. The number of aryl methyl sites for hydroxylation is 3. The Morgan fingerprint density at radius 1 is 0.309 bits per heavy atom. The largest absolute Gasteiger partial charge is 0.508 e. The van der Waals surface area contributed by atoms with Crippen LogP contribution in [0.25, 0.3) is 0 Å². The van der Waals surface area contributed by atoms with E-state index in [9.17, 15) is 5.11 Å². The smallest absolute Gasteiger partial charge is 0.158 e. The Kier molecular flexibility index (Phi) is 29.0. The van der Waals surface area contributed by atoms with Crippen LogP contribution in [0.5, 0.6) is 11.5 Å². The summed E-state index contributed by atoms with van der Waals surface area (Å²) in [5, 5.41) is 18.4. The molecule has 12 rings (SSSR count). The van der Waals surface area contributed by atoms with E-state index in [0.717, 1.165) is 102 Å². The van der Waals surface area contributed by atoms with Gasteiger partial charge in [0.1, 0.15) is 80.5 Å². The molecule has 14 heteroatoms. The van der Waals surface area contributed by atoms with Crippen LogP contribution in [0.2, 0.25) is 0 Å². The Bertz CT molecular complexity index is 2580. The van der Waals surface area contributed by atoms with Crippen LogP contribution < -0.4 is 0 Å². The lowest BCUT2D eigenvalue weighted by molar-refractivity contribution is 0.159.